The number of ether oxygens (including phenoxy) is 1. The molecular weight excluding hydrogens is 270 g/mol. The number of carbonyl (C=O) groups is 1. The topological polar surface area (TPSA) is 95.3 Å². The zero-order valence-corrected chi connectivity index (χ0v) is 11.6. The number of rotatable bonds is 6. The zero-order valence-electron chi connectivity index (χ0n) is 11.6. The maximum Gasteiger partial charge on any atom is 0.312 e. The van der Waals surface area contributed by atoms with E-state index in [2.05, 4.69) is 10.0 Å². The van der Waals surface area contributed by atoms with Gasteiger partial charge in [0.05, 0.1) is 7.11 Å². The Morgan fingerprint density at radius 3 is 2.67 bits per heavy atom. The van der Waals surface area contributed by atoms with Gasteiger partial charge >= 0.3 is 5.97 Å². The van der Waals surface area contributed by atoms with Crippen LogP contribution in [0.3, 0.4) is 0 Å². The van der Waals surface area contributed by atoms with Crippen molar-refractivity contribution < 1.29 is 14.6 Å². The fraction of sp³-hybridized carbons (Fsp3) is 0.267. The lowest BCUT2D eigenvalue weighted by Gasteiger charge is -2.11. The molecule has 1 unspecified atom stereocenters. The Labute approximate surface area is 121 Å². The largest absolute Gasteiger partial charge is 0.496 e. The summed E-state index contributed by atoms with van der Waals surface area (Å²) in [5.41, 5.74) is 9.41. The maximum absolute atomic E-state index is 11.0. The van der Waals surface area contributed by atoms with Crippen molar-refractivity contribution in [2.75, 3.05) is 7.11 Å². The molecule has 1 atom stereocenters. The summed E-state index contributed by atoms with van der Waals surface area (Å²) < 4.78 is 5.32. The number of aliphatic carboxylic acids is 1. The van der Waals surface area contributed by atoms with Crippen LogP contribution in [-0.4, -0.2) is 24.2 Å². The molecule has 2 rings (SSSR count). The number of methoxy groups -OCH3 is 1. The van der Waals surface area contributed by atoms with Gasteiger partial charge in [-0.15, -0.1) is 0 Å². The Morgan fingerprint density at radius 2 is 2.05 bits per heavy atom. The standard InChI is InChI=1S/C15H15N3O3/c1-21-14-9-7-10(11-4-2-3-5-12(11)14)6-8-13(15(19)20)17-18-16/h2-5,7,9,13H,6,8H2,1H3,(H,19,20). The number of hydrogen-bond acceptors (Lipinski definition) is 3. The smallest absolute Gasteiger partial charge is 0.312 e. The van der Waals surface area contributed by atoms with Gasteiger partial charge in [0.1, 0.15) is 11.8 Å². The van der Waals surface area contributed by atoms with Gasteiger partial charge in [0, 0.05) is 10.3 Å². The summed E-state index contributed by atoms with van der Waals surface area (Å²) >= 11 is 0. The van der Waals surface area contributed by atoms with E-state index in [0.717, 1.165) is 22.1 Å². The second kappa shape index (κ2) is 6.63. The molecule has 0 saturated heterocycles. The molecule has 6 heteroatoms. The number of fused-ring (bicyclic) bond motifs is 1. The Morgan fingerprint density at radius 1 is 1.33 bits per heavy atom. The van der Waals surface area contributed by atoms with Crippen molar-refractivity contribution in [3.63, 3.8) is 0 Å². The Kier molecular flexibility index (Phi) is 4.64. The predicted octanol–water partition coefficient (Wildman–Crippen LogP) is 3.54. The molecule has 0 bridgehead atoms. The SMILES string of the molecule is COc1ccc(CCC(N=[N+]=[N-])C(=O)O)c2ccccc12. The number of benzene rings is 2. The average molecular weight is 285 g/mol. The molecule has 21 heavy (non-hydrogen) atoms. The molecule has 0 aliphatic rings. The average Bonchev–Trinajstić information content (AvgIpc) is 2.50. The van der Waals surface area contributed by atoms with Gasteiger partial charge in [-0.3, -0.25) is 4.79 Å². The van der Waals surface area contributed by atoms with Crippen LogP contribution in [-0.2, 0) is 11.2 Å². The summed E-state index contributed by atoms with van der Waals surface area (Å²) in [7, 11) is 1.61. The first kappa shape index (κ1) is 14.7. The highest BCUT2D eigenvalue weighted by molar-refractivity contribution is 5.91. The van der Waals surface area contributed by atoms with Crippen LogP contribution in [0.1, 0.15) is 12.0 Å². The zero-order chi connectivity index (χ0) is 15.2. The molecule has 0 fully saturated rings. The van der Waals surface area contributed by atoms with Crippen molar-refractivity contribution in [2.24, 2.45) is 5.11 Å². The Balaban J connectivity index is 2.31. The van der Waals surface area contributed by atoms with E-state index < -0.39 is 12.0 Å². The number of hydrogen-bond donors (Lipinski definition) is 1. The Bertz CT molecular complexity index is 706. The van der Waals surface area contributed by atoms with Gasteiger partial charge in [-0.1, -0.05) is 35.4 Å². The second-order valence-electron chi connectivity index (χ2n) is 4.57. The second-order valence-corrected chi connectivity index (χ2v) is 4.57. The summed E-state index contributed by atoms with van der Waals surface area (Å²) in [4.78, 5) is 13.6. The van der Waals surface area contributed by atoms with E-state index in [1.54, 1.807) is 7.11 Å². The van der Waals surface area contributed by atoms with E-state index in [4.69, 9.17) is 15.4 Å². The summed E-state index contributed by atoms with van der Waals surface area (Å²) in [6, 6.07) is 10.5. The highest BCUT2D eigenvalue weighted by atomic mass is 16.5. The quantitative estimate of drug-likeness (QED) is 0.499. The van der Waals surface area contributed by atoms with Crippen molar-refractivity contribution in [3.05, 3.63) is 52.4 Å². The molecular formula is C15H15N3O3. The molecule has 0 radical (unpaired) electrons. The highest BCUT2D eigenvalue weighted by Gasteiger charge is 2.16. The molecule has 6 nitrogen and oxygen atoms in total. The molecule has 0 aliphatic carbocycles. The molecule has 2 aromatic carbocycles. The fourth-order valence-corrected chi connectivity index (χ4v) is 2.31. The first-order chi connectivity index (χ1) is 10.2. The van der Waals surface area contributed by atoms with Gasteiger partial charge in [-0.2, -0.15) is 0 Å². The number of azide groups is 1. The molecule has 1 N–H and O–H groups in total. The molecule has 108 valence electrons. The maximum atomic E-state index is 11.0. The highest BCUT2D eigenvalue weighted by Crippen LogP contribution is 2.29. The van der Waals surface area contributed by atoms with Crippen molar-refractivity contribution in [1.29, 1.82) is 0 Å². The van der Waals surface area contributed by atoms with E-state index in [9.17, 15) is 4.79 Å². The first-order valence-corrected chi connectivity index (χ1v) is 6.49. The molecule has 0 heterocycles. The third kappa shape index (κ3) is 3.24. The van der Waals surface area contributed by atoms with Crippen LogP contribution in [0, 0.1) is 0 Å². The summed E-state index contributed by atoms with van der Waals surface area (Å²) in [5.74, 6) is -0.329. The van der Waals surface area contributed by atoms with Crippen LogP contribution in [0.5, 0.6) is 5.75 Å². The van der Waals surface area contributed by atoms with Crippen LogP contribution in [0.4, 0.5) is 0 Å². The molecule has 0 amide bonds. The number of aryl methyl sites for hydroxylation is 1. The van der Waals surface area contributed by atoms with Crippen LogP contribution < -0.4 is 4.74 Å². The first-order valence-electron chi connectivity index (χ1n) is 6.49. The minimum atomic E-state index is -1.11. The summed E-state index contributed by atoms with van der Waals surface area (Å²) in [6.07, 6.45) is 0.774. The lowest BCUT2D eigenvalue weighted by Crippen LogP contribution is -2.17. The normalized spacial score (nSPS) is 11.7. The lowest BCUT2D eigenvalue weighted by atomic mass is 9.98. The van der Waals surface area contributed by atoms with Gasteiger partial charge in [-0.25, -0.2) is 0 Å². The van der Waals surface area contributed by atoms with Crippen LogP contribution in [0.2, 0.25) is 0 Å². The van der Waals surface area contributed by atoms with Crippen molar-refractivity contribution in [1.82, 2.24) is 0 Å². The molecule has 0 spiro atoms. The van der Waals surface area contributed by atoms with E-state index in [0.29, 0.717) is 6.42 Å². The van der Waals surface area contributed by atoms with Gasteiger partial charge in [0.2, 0.25) is 0 Å². The minimum absolute atomic E-state index is 0.260. The molecule has 0 aromatic heterocycles. The third-order valence-corrected chi connectivity index (χ3v) is 3.36. The van der Waals surface area contributed by atoms with Gasteiger partial charge in [-0.05, 0) is 35.4 Å². The predicted molar refractivity (Wildman–Crippen MR) is 79.4 cm³/mol. The van der Waals surface area contributed by atoms with Gasteiger partial charge < -0.3 is 9.84 Å². The van der Waals surface area contributed by atoms with Crippen LogP contribution in [0.25, 0.3) is 21.2 Å². The van der Waals surface area contributed by atoms with Crippen LogP contribution in [0.15, 0.2) is 41.5 Å². The van der Waals surface area contributed by atoms with Crippen LogP contribution >= 0.6 is 0 Å². The summed E-state index contributed by atoms with van der Waals surface area (Å²) in [6.45, 7) is 0. The van der Waals surface area contributed by atoms with Crippen molar-refractivity contribution >= 4 is 16.7 Å². The molecule has 2 aromatic rings. The van der Waals surface area contributed by atoms with E-state index in [-0.39, 0.29) is 6.42 Å². The monoisotopic (exact) mass is 285 g/mol. The van der Waals surface area contributed by atoms with Gasteiger partial charge in [0.25, 0.3) is 0 Å². The van der Waals surface area contributed by atoms with Crippen molar-refractivity contribution in [3.8, 4) is 5.75 Å². The number of carboxylic acids is 1. The molecule has 0 saturated carbocycles. The number of nitrogens with zero attached hydrogens (tertiary/aromatic N) is 3. The minimum Gasteiger partial charge on any atom is -0.496 e. The van der Waals surface area contributed by atoms with E-state index >= 15 is 0 Å². The lowest BCUT2D eigenvalue weighted by molar-refractivity contribution is -0.138. The van der Waals surface area contributed by atoms with Gasteiger partial charge in [0.15, 0.2) is 0 Å². The van der Waals surface area contributed by atoms with E-state index in [1.807, 2.05) is 36.4 Å². The third-order valence-electron chi connectivity index (χ3n) is 3.36. The van der Waals surface area contributed by atoms with E-state index in [1.165, 1.54) is 0 Å². The molecule has 0 aliphatic heterocycles. The number of carboxylic acid groups (broad SMARTS) is 1. The Hall–Kier alpha value is -2.72. The van der Waals surface area contributed by atoms with Crippen molar-refractivity contribution in [2.45, 2.75) is 18.9 Å². The summed E-state index contributed by atoms with van der Waals surface area (Å²) in [5, 5.41) is 14.3. The fourth-order valence-electron chi connectivity index (χ4n) is 2.31.